The van der Waals surface area contributed by atoms with Gasteiger partial charge in [-0.25, -0.2) is 13.5 Å². The van der Waals surface area contributed by atoms with Crippen LogP contribution in [0.2, 0.25) is 0 Å². The van der Waals surface area contributed by atoms with Crippen molar-refractivity contribution in [1.29, 1.82) is 0 Å². The SMILES string of the molecule is Cc1cc2n(n1)[C@@H](C(F)F)C[C@@H]([C@@H]1CCCN(C(=O)C[C@@H]3C=CCC3)C1)N2. The summed E-state index contributed by atoms with van der Waals surface area (Å²) in [6.45, 7) is 3.27. The van der Waals surface area contributed by atoms with E-state index in [4.69, 9.17) is 0 Å². The van der Waals surface area contributed by atoms with E-state index in [1.165, 1.54) is 4.68 Å². The number of carbonyl (C=O) groups excluding carboxylic acids is 1. The van der Waals surface area contributed by atoms with Crippen LogP contribution in [0.5, 0.6) is 0 Å². The van der Waals surface area contributed by atoms with E-state index in [1.54, 1.807) is 0 Å². The van der Waals surface area contributed by atoms with Crippen LogP contribution in [0.3, 0.4) is 0 Å². The van der Waals surface area contributed by atoms with E-state index in [0.29, 0.717) is 31.1 Å². The molecule has 0 bridgehead atoms. The first-order chi connectivity index (χ1) is 13.0. The van der Waals surface area contributed by atoms with Gasteiger partial charge in [-0.3, -0.25) is 4.79 Å². The molecule has 0 radical (unpaired) electrons. The number of alkyl halides is 2. The van der Waals surface area contributed by atoms with Gasteiger partial charge < -0.3 is 10.2 Å². The number of fused-ring (bicyclic) bond motifs is 1. The highest BCUT2D eigenvalue weighted by molar-refractivity contribution is 5.76. The number of rotatable bonds is 4. The Hall–Kier alpha value is -1.92. The molecule has 0 spiro atoms. The third-order valence-electron chi connectivity index (χ3n) is 6.22. The van der Waals surface area contributed by atoms with Crippen molar-refractivity contribution in [1.82, 2.24) is 14.7 Å². The minimum absolute atomic E-state index is 0.0467. The van der Waals surface area contributed by atoms with Crippen molar-refractivity contribution < 1.29 is 13.6 Å². The minimum atomic E-state index is -2.44. The van der Waals surface area contributed by atoms with Gasteiger partial charge >= 0.3 is 0 Å². The normalized spacial score (nSPS) is 30.4. The molecule has 1 aromatic rings. The standard InChI is InChI=1S/C20H28F2N4O/c1-13-9-18-23-16(11-17(20(21)22)26(18)24-13)15-7-4-8-25(12-15)19(27)10-14-5-2-3-6-14/h2,5,9,14-17,20,23H,3-4,6-8,10-12H2,1H3/t14-,15-,16+,17-/m1/s1. The highest BCUT2D eigenvalue weighted by Crippen LogP contribution is 2.36. The Labute approximate surface area is 158 Å². The summed E-state index contributed by atoms with van der Waals surface area (Å²) in [5.41, 5.74) is 0.744. The Morgan fingerprint density at radius 3 is 3.00 bits per heavy atom. The molecule has 1 aromatic heterocycles. The van der Waals surface area contributed by atoms with E-state index in [9.17, 15) is 13.6 Å². The van der Waals surface area contributed by atoms with E-state index in [0.717, 1.165) is 37.9 Å². The molecule has 3 heterocycles. The molecule has 2 aliphatic heterocycles. The Morgan fingerprint density at radius 2 is 2.26 bits per heavy atom. The molecule has 4 atom stereocenters. The highest BCUT2D eigenvalue weighted by Gasteiger charge is 2.38. The molecule has 1 aliphatic carbocycles. The van der Waals surface area contributed by atoms with Gasteiger partial charge in [0.05, 0.1) is 5.69 Å². The monoisotopic (exact) mass is 378 g/mol. The number of carbonyl (C=O) groups is 1. The van der Waals surface area contributed by atoms with Crippen LogP contribution in [-0.4, -0.2) is 46.1 Å². The molecule has 1 saturated heterocycles. The third kappa shape index (κ3) is 3.87. The lowest BCUT2D eigenvalue weighted by Crippen LogP contribution is -2.48. The van der Waals surface area contributed by atoms with Crippen molar-refractivity contribution in [3.63, 3.8) is 0 Å². The van der Waals surface area contributed by atoms with Gasteiger partial charge in [0.15, 0.2) is 0 Å². The smallest absolute Gasteiger partial charge is 0.260 e. The van der Waals surface area contributed by atoms with Crippen LogP contribution in [0.15, 0.2) is 18.2 Å². The molecule has 0 unspecified atom stereocenters. The first kappa shape index (κ1) is 18.4. The molecule has 0 saturated carbocycles. The van der Waals surface area contributed by atoms with Gasteiger partial charge in [-0.05, 0) is 50.9 Å². The number of hydrogen-bond acceptors (Lipinski definition) is 3. The van der Waals surface area contributed by atoms with E-state index < -0.39 is 12.5 Å². The second-order valence-corrected chi connectivity index (χ2v) is 8.22. The zero-order chi connectivity index (χ0) is 19.0. The van der Waals surface area contributed by atoms with Crippen molar-refractivity contribution in [3.05, 3.63) is 23.9 Å². The summed E-state index contributed by atoms with van der Waals surface area (Å²) in [4.78, 5) is 14.6. The fraction of sp³-hybridized carbons (Fsp3) is 0.700. The number of hydrogen-bond donors (Lipinski definition) is 1. The van der Waals surface area contributed by atoms with Crippen LogP contribution in [0.25, 0.3) is 0 Å². The summed E-state index contributed by atoms with van der Waals surface area (Å²) in [5, 5.41) is 7.66. The largest absolute Gasteiger partial charge is 0.367 e. The Bertz CT molecular complexity index is 717. The number of halogens is 2. The third-order valence-corrected chi connectivity index (χ3v) is 6.22. The second kappa shape index (κ2) is 7.60. The number of piperidine rings is 1. The van der Waals surface area contributed by atoms with Crippen molar-refractivity contribution in [3.8, 4) is 0 Å². The van der Waals surface area contributed by atoms with Crippen LogP contribution in [0.1, 0.15) is 50.3 Å². The summed E-state index contributed by atoms with van der Waals surface area (Å²) < 4.78 is 28.7. The maximum absolute atomic E-state index is 13.6. The number of nitrogens with zero attached hydrogens (tertiary/aromatic N) is 3. The fourth-order valence-electron chi connectivity index (χ4n) is 4.79. The second-order valence-electron chi connectivity index (χ2n) is 8.22. The highest BCUT2D eigenvalue weighted by atomic mass is 19.3. The quantitative estimate of drug-likeness (QED) is 0.812. The van der Waals surface area contributed by atoms with Crippen LogP contribution in [0.4, 0.5) is 14.6 Å². The van der Waals surface area contributed by atoms with Gasteiger partial charge in [0, 0.05) is 31.6 Å². The Kier molecular flexibility index (Phi) is 5.19. The average molecular weight is 378 g/mol. The van der Waals surface area contributed by atoms with Crippen molar-refractivity contribution in [2.75, 3.05) is 18.4 Å². The van der Waals surface area contributed by atoms with Gasteiger partial charge in [-0.2, -0.15) is 5.10 Å². The molecule has 1 N–H and O–H groups in total. The Morgan fingerprint density at radius 1 is 1.41 bits per heavy atom. The molecule has 4 rings (SSSR count). The first-order valence-corrected chi connectivity index (χ1v) is 10.1. The van der Waals surface area contributed by atoms with Gasteiger partial charge in [0.25, 0.3) is 6.43 Å². The molecule has 27 heavy (non-hydrogen) atoms. The summed E-state index contributed by atoms with van der Waals surface area (Å²) in [5.74, 6) is 1.45. The van der Waals surface area contributed by atoms with Crippen molar-refractivity contribution >= 4 is 11.7 Å². The van der Waals surface area contributed by atoms with E-state index in [2.05, 4.69) is 22.6 Å². The number of aromatic nitrogens is 2. The van der Waals surface area contributed by atoms with E-state index in [-0.39, 0.29) is 17.9 Å². The van der Waals surface area contributed by atoms with Crippen LogP contribution in [-0.2, 0) is 4.79 Å². The summed E-state index contributed by atoms with van der Waals surface area (Å²) in [6.07, 6.45) is 6.82. The molecule has 7 heteroatoms. The molecule has 1 fully saturated rings. The predicted octanol–water partition coefficient (Wildman–Crippen LogP) is 3.78. The van der Waals surface area contributed by atoms with Gasteiger partial charge in [-0.1, -0.05) is 12.2 Å². The fourth-order valence-corrected chi connectivity index (χ4v) is 4.79. The summed E-state index contributed by atoms with van der Waals surface area (Å²) in [7, 11) is 0. The molecular weight excluding hydrogens is 350 g/mol. The van der Waals surface area contributed by atoms with Crippen LogP contribution >= 0.6 is 0 Å². The molecule has 148 valence electrons. The summed E-state index contributed by atoms with van der Waals surface area (Å²) in [6, 6.07) is 0.893. The lowest BCUT2D eigenvalue weighted by atomic mass is 9.85. The maximum atomic E-state index is 13.6. The molecule has 3 aliphatic rings. The molecule has 1 amide bonds. The maximum Gasteiger partial charge on any atom is 0.260 e. The van der Waals surface area contributed by atoms with Gasteiger partial charge in [0.2, 0.25) is 5.91 Å². The number of likely N-dealkylation sites (tertiary alicyclic amines) is 1. The summed E-state index contributed by atoms with van der Waals surface area (Å²) >= 11 is 0. The Balaban J connectivity index is 1.43. The molecular formula is C20H28F2N4O. The lowest BCUT2D eigenvalue weighted by Gasteiger charge is -2.41. The number of aryl methyl sites for hydroxylation is 1. The zero-order valence-corrected chi connectivity index (χ0v) is 15.8. The number of nitrogens with one attached hydrogen (secondary N) is 1. The van der Waals surface area contributed by atoms with E-state index in [1.807, 2.05) is 17.9 Å². The minimum Gasteiger partial charge on any atom is -0.367 e. The molecule has 5 nitrogen and oxygen atoms in total. The number of anilines is 1. The van der Waals surface area contributed by atoms with Crippen molar-refractivity contribution in [2.24, 2.45) is 11.8 Å². The van der Waals surface area contributed by atoms with Gasteiger partial charge in [0.1, 0.15) is 11.9 Å². The predicted molar refractivity (Wildman–Crippen MR) is 99.8 cm³/mol. The van der Waals surface area contributed by atoms with Crippen LogP contribution in [0, 0.1) is 18.8 Å². The topological polar surface area (TPSA) is 50.2 Å². The number of allylic oxidation sites excluding steroid dienone is 2. The zero-order valence-electron chi connectivity index (χ0n) is 15.8. The van der Waals surface area contributed by atoms with Gasteiger partial charge in [-0.15, -0.1) is 0 Å². The number of amides is 1. The molecule has 0 aromatic carbocycles. The van der Waals surface area contributed by atoms with Crippen LogP contribution < -0.4 is 5.32 Å². The first-order valence-electron chi connectivity index (χ1n) is 10.1. The average Bonchev–Trinajstić information content (AvgIpc) is 3.29. The lowest BCUT2D eigenvalue weighted by molar-refractivity contribution is -0.133. The van der Waals surface area contributed by atoms with Crippen molar-refractivity contribution in [2.45, 2.75) is 64.0 Å². The van der Waals surface area contributed by atoms with E-state index >= 15 is 0 Å².